The fourth-order valence-corrected chi connectivity index (χ4v) is 2.53. The lowest BCUT2D eigenvalue weighted by atomic mass is 10.1. The fourth-order valence-electron chi connectivity index (χ4n) is 2.53. The van der Waals surface area contributed by atoms with Crippen LogP contribution in [0.5, 0.6) is 5.75 Å². The first-order valence-electron chi connectivity index (χ1n) is 8.43. The third kappa shape index (κ3) is 5.88. The number of hydrogen-bond acceptors (Lipinski definition) is 3. The van der Waals surface area contributed by atoms with Crippen LogP contribution in [0, 0.1) is 5.82 Å². The first-order valence-corrected chi connectivity index (χ1v) is 8.43. The summed E-state index contributed by atoms with van der Waals surface area (Å²) < 4.78 is 18.1. The van der Waals surface area contributed by atoms with Crippen LogP contribution in [-0.4, -0.2) is 32.0 Å². The van der Waals surface area contributed by atoms with Crippen LogP contribution in [-0.2, 0) is 16.0 Å². The Morgan fingerprint density at radius 2 is 1.73 bits per heavy atom. The van der Waals surface area contributed by atoms with E-state index in [1.54, 1.807) is 7.11 Å². The molecule has 26 heavy (non-hydrogen) atoms. The van der Waals surface area contributed by atoms with E-state index in [4.69, 9.17) is 4.74 Å². The zero-order chi connectivity index (χ0) is 18.9. The van der Waals surface area contributed by atoms with E-state index in [2.05, 4.69) is 5.32 Å². The molecule has 6 heteroatoms. The van der Waals surface area contributed by atoms with Crippen molar-refractivity contribution >= 4 is 17.5 Å². The van der Waals surface area contributed by atoms with Crippen LogP contribution in [0.4, 0.5) is 10.1 Å². The summed E-state index contributed by atoms with van der Waals surface area (Å²) in [5.41, 5.74) is 1.67. The SMILES string of the molecule is COc1ccc(CCNC(=O)CCN(C(C)=O)c2ccc(F)cc2)cc1. The molecule has 5 nitrogen and oxygen atoms in total. The number of nitrogens with one attached hydrogen (secondary N) is 1. The van der Waals surface area contributed by atoms with Gasteiger partial charge in [0.2, 0.25) is 11.8 Å². The number of anilines is 1. The minimum atomic E-state index is -0.367. The fraction of sp³-hybridized carbons (Fsp3) is 0.300. The average Bonchev–Trinajstić information content (AvgIpc) is 2.63. The molecule has 0 aliphatic heterocycles. The second-order valence-corrected chi connectivity index (χ2v) is 5.85. The Kier molecular flexibility index (Phi) is 7.14. The lowest BCUT2D eigenvalue weighted by molar-refractivity contribution is -0.121. The summed E-state index contributed by atoms with van der Waals surface area (Å²) in [5.74, 6) is 0.103. The number of halogens is 1. The average molecular weight is 358 g/mol. The summed E-state index contributed by atoms with van der Waals surface area (Å²) >= 11 is 0. The Morgan fingerprint density at radius 1 is 1.08 bits per heavy atom. The van der Waals surface area contributed by atoms with Gasteiger partial charge in [-0.05, 0) is 48.4 Å². The van der Waals surface area contributed by atoms with Gasteiger partial charge in [-0.1, -0.05) is 12.1 Å². The summed E-state index contributed by atoms with van der Waals surface area (Å²) in [4.78, 5) is 25.3. The lowest BCUT2D eigenvalue weighted by Gasteiger charge is -2.21. The summed E-state index contributed by atoms with van der Waals surface area (Å²) in [7, 11) is 1.62. The van der Waals surface area contributed by atoms with Crippen LogP contribution < -0.4 is 15.0 Å². The Balaban J connectivity index is 1.78. The number of ether oxygens (including phenoxy) is 1. The topological polar surface area (TPSA) is 58.6 Å². The highest BCUT2D eigenvalue weighted by Gasteiger charge is 2.13. The predicted molar refractivity (Wildman–Crippen MR) is 98.8 cm³/mol. The molecule has 138 valence electrons. The third-order valence-corrected chi connectivity index (χ3v) is 3.98. The van der Waals surface area contributed by atoms with Gasteiger partial charge in [0.25, 0.3) is 0 Å². The highest BCUT2D eigenvalue weighted by molar-refractivity contribution is 5.92. The molecule has 0 saturated heterocycles. The van der Waals surface area contributed by atoms with E-state index < -0.39 is 0 Å². The Labute approximate surface area is 152 Å². The maximum atomic E-state index is 13.0. The van der Waals surface area contributed by atoms with Crippen molar-refractivity contribution in [2.75, 3.05) is 25.1 Å². The molecular formula is C20H23FN2O3. The van der Waals surface area contributed by atoms with Gasteiger partial charge in [0.15, 0.2) is 0 Å². The van der Waals surface area contributed by atoms with Crippen LogP contribution in [0.1, 0.15) is 18.9 Å². The molecule has 0 bridgehead atoms. The van der Waals surface area contributed by atoms with Crippen LogP contribution in [0.2, 0.25) is 0 Å². The van der Waals surface area contributed by atoms with Crippen LogP contribution >= 0.6 is 0 Å². The van der Waals surface area contributed by atoms with Crippen molar-refractivity contribution in [3.05, 3.63) is 59.9 Å². The van der Waals surface area contributed by atoms with Crippen molar-refractivity contribution in [3.63, 3.8) is 0 Å². The molecule has 2 aromatic rings. The Bertz CT molecular complexity index is 730. The van der Waals surface area contributed by atoms with Gasteiger partial charge in [0.05, 0.1) is 7.11 Å². The maximum absolute atomic E-state index is 13.0. The molecule has 2 rings (SSSR count). The largest absolute Gasteiger partial charge is 0.497 e. The molecule has 0 heterocycles. The zero-order valence-electron chi connectivity index (χ0n) is 15.0. The van der Waals surface area contributed by atoms with Gasteiger partial charge in [-0.15, -0.1) is 0 Å². The number of amides is 2. The molecule has 0 spiro atoms. The monoisotopic (exact) mass is 358 g/mol. The Morgan fingerprint density at radius 3 is 2.31 bits per heavy atom. The molecule has 0 aliphatic rings. The molecule has 0 unspecified atom stereocenters. The first-order chi connectivity index (χ1) is 12.5. The molecule has 0 fully saturated rings. The number of methoxy groups -OCH3 is 1. The summed E-state index contributed by atoms with van der Waals surface area (Å²) in [6.07, 6.45) is 0.893. The third-order valence-electron chi connectivity index (χ3n) is 3.98. The number of nitrogens with zero attached hydrogens (tertiary/aromatic N) is 1. The standard InChI is InChI=1S/C20H23FN2O3/c1-15(24)23(18-7-5-17(21)6-8-18)14-12-20(25)22-13-11-16-3-9-19(26-2)10-4-16/h3-10H,11-14H2,1-2H3,(H,22,25). The second-order valence-electron chi connectivity index (χ2n) is 5.85. The lowest BCUT2D eigenvalue weighted by Crippen LogP contribution is -2.34. The number of carbonyl (C=O) groups is 2. The van der Waals surface area contributed by atoms with Gasteiger partial charge in [0, 0.05) is 32.1 Å². The molecule has 0 atom stereocenters. The number of carbonyl (C=O) groups excluding carboxylic acids is 2. The quantitative estimate of drug-likeness (QED) is 0.789. The highest BCUT2D eigenvalue weighted by Crippen LogP contribution is 2.15. The van der Waals surface area contributed by atoms with Gasteiger partial charge in [-0.2, -0.15) is 0 Å². The van der Waals surface area contributed by atoms with Gasteiger partial charge >= 0.3 is 0 Å². The molecule has 0 aliphatic carbocycles. The van der Waals surface area contributed by atoms with Crippen LogP contribution in [0.3, 0.4) is 0 Å². The van der Waals surface area contributed by atoms with Crippen molar-refractivity contribution in [2.45, 2.75) is 19.8 Å². The molecule has 2 amide bonds. The van der Waals surface area contributed by atoms with Gasteiger partial charge < -0.3 is 15.0 Å². The van der Waals surface area contributed by atoms with Crippen LogP contribution in [0.15, 0.2) is 48.5 Å². The van der Waals surface area contributed by atoms with Crippen molar-refractivity contribution in [3.8, 4) is 5.75 Å². The van der Waals surface area contributed by atoms with Crippen LogP contribution in [0.25, 0.3) is 0 Å². The summed E-state index contributed by atoms with van der Waals surface area (Å²) in [6.45, 7) is 2.18. The predicted octanol–water partition coefficient (Wildman–Crippen LogP) is 2.94. The first kappa shape index (κ1) is 19.4. The summed E-state index contributed by atoms with van der Waals surface area (Å²) in [5, 5.41) is 2.85. The molecule has 1 N–H and O–H groups in total. The molecule has 0 radical (unpaired) electrons. The molecule has 0 aromatic heterocycles. The number of rotatable bonds is 8. The second kappa shape index (κ2) is 9.56. The smallest absolute Gasteiger partial charge is 0.223 e. The van der Waals surface area contributed by atoms with E-state index in [1.807, 2.05) is 24.3 Å². The normalized spacial score (nSPS) is 10.3. The van der Waals surface area contributed by atoms with E-state index in [0.717, 1.165) is 11.3 Å². The van der Waals surface area contributed by atoms with E-state index in [-0.39, 0.29) is 30.6 Å². The minimum Gasteiger partial charge on any atom is -0.497 e. The molecule has 0 saturated carbocycles. The van der Waals surface area contributed by atoms with Gasteiger partial charge in [0.1, 0.15) is 11.6 Å². The van der Waals surface area contributed by atoms with Gasteiger partial charge in [-0.25, -0.2) is 4.39 Å². The number of hydrogen-bond donors (Lipinski definition) is 1. The molecule has 2 aromatic carbocycles. The highest BCUT2D eigenvalue weighted by atomic mass is 19.1. The minimum absolute atomic E-state index is 0.133. The molecular weight excluding hydrogens is 335 g/mol. The van der Waals surface area contributed by atoms with E-state index in [9.17, 15) is 14.0 Å². The Hall–Kier alpha value is -2.89. The van der Waals surface area contributed by atoms with Crippen molar-refractivity contribution in [2.24, 2.45) is 0 Å². The van der Waals surface area contributed by atoms with Crippen molar-refractivity contribution < 1.29 is 18.7 Å². The van der Waals surface area contributed by atoms with Crippen molar-refractivity contribution in [1.29, 1.82) is 0 Å². The van der Waals surface area contributed by atoms with Crippen molar-refractivity contribution in [1.82, 2.24) is 5.32 Å². The maximum Gasteiger partial charge on any atom is 0.223 e. The van der Waals surface area contributed by atoms with E-state index in [0.29, 0.717) is 18.7 Å². The van der Waals surface area contributed by atoms with E-state index in [1.165, 1.54) is 36.1 Å². The zero-order valence-corrected chi connectivity index (χ0v) is 15.0. The van der Waals surface area contributed by atoms with Gasteiger partial charge in [-0.3, -0.25) is 9.59 Å². The number of benzene rings is 2. The summed E-state index contributed by atoms with van der Waals surface area (Å²) in [6, 6.07) is 13.3. The van der Waals surface area contributed by atoms with E-state index >= 15 is 0 Å².